The van der Waals surface area contributed by atoms with Gasteiger partial charge < -0.3 is 31.3 Å². The van der Waals surface area contributed by atoms with Crippen molar-refractivity contribution in [2.75, 3.05) is 14.1 Å². The Labute approximate surface area is 211 Å². The third-order valence-electron chi connectivity index (χ3n) is 7.00. The van der Waals surface area contributed by atoms with Crippen LogP contribution < -0.4 is 5.73 Å². The molecule has 3 aliphatic rings. The Morgan fingerprint density at radius 3 is 2.30 bits per heavy atom. The van der Waals surface area contributed by atoms with E-state index in [1.807, 2.05) is 0 Å². The zero-order chi connectivity index (χ0) is 23.9. The molecule has 0 fully saturated rings. The second kappa shape index (κ2) is 8.23. The Morgan fingerprint density at radius 1 is 1.15 bits per heavy atom. The molecular weight excluding hydrogens is 443 g/mol. The second-order valence-corrected chi connectivity index (χ2v) is 8.79. The number of carbonyl (C=O) groups is 3. The molecule has 11 heteroatoms. The summed E-state index contributed by atoms with van der Waals surface area (Å²) in [5, 5.41) is 55.0. The van der Waals surface area contributed by atoms with E-state index in [-0.39, 0.29) is 40.9 Å². The first kappa shape index (κ1) is 25.4. The van der Waals surface area contributed by atoms with Gasteiger partial charge in [0.2, 0.25) is 5.78 Å². The number of aliphatic hydroxyl groups excluding tert-OH is 3. The Morgan fingerprint density at radius 2 is 1.76 bits per heavy atom. The molecule has 0 unspecified atom stereocenters. The minimum absolute atomic E-state index is 0. The third-order valence-corrected chi connectivity index (χ3v) is 7.00. The molecule has 6 atom stereocenters. The summed E-state index contributed by atoms with van der Waals surface area (Å²) in [6.07, 6.45) is -1.59. The van der Waals surface area contributed by atoms with Crippen LogP contribution in [0.2, 0.25) is 0 Å². The average Bonchev–Trinajstić information content (AvgIpc) is 2.70. The summed E-state index contributed by atoms with van der Waals surface area (Å²) in [7, 11) is 2.98. The van der Waals surface area contributed by atoms with Crippen molar-refractivity contribution in [1.29, 1.82) is 0 Å². The summed E-state index contributed by atoms with van der Waals surface area (Å²) < 4.78 is 0. The van der Waals surface area contributed by atoms with Crippen LogP contribution in [0.4, 0.5) is 0 Å². The number of phenolic OH excluding ortho intramolecular Hbond substituents is 1. The minimum atomic E-state index is -2.89. The molecule has 0 bridgehead atoms. The summed E-state index contributed by atoms with van der Waals surface area (Å²) in [5.74, 6) is -8.86. The fourth-order valence-corrected chi connectivity index (χ4v) is 5.58. The van der Waals surface area contributed by atoms with Crippen molar-refractivity contribution in [3.8, 4) is 5.75 Å². The number of rotatable bonds is 2. The van der Waals surface area contributed by atoms with Gasteiger partial charge in [-0.2, -0.15) is 0 Å². The van der Waals surface area contributed by atoms with Crippen LogP contribution >= 0.6 is 0 Å². The molecule has 3 aliphatic carbocycles. The second-order valence-electron chi connectivity index (χ2n) is 8.79. The van der Waals surface area contributed by atoms with Crippen molar-refractivity contribution in [3.63, 3.8) is 0 Å². The molecule has 0 spiro atoms. The molecule has 0 aliphatic heterocycles. The molecule has 0 heterocycles. The molecule has 0 radical (unpaired) electrons. The summed E-state index contributed by atoms with van der Waals surface area (Å²) in [5.41, 5.74) is 1.36. The maximum absolute atomic E-state index is 13.3. The van der Waals surface area contributed by atoms with Crippen LogP contribution in [0, 0.1) is 11.8 Å². The number of fused-ring (bicyclic) bond motifs is 3. The van der Waals surface area contributed by atoms with Gasteiger partial charge in [0.05, 0.1) is 23.6 Å². The third kappa shape index (κ3) is 3.13. The maximum atomic E-state index is 13.3. The normalized spacial score (nSPS) is 33.3. The molecule has 172 valence electrons. The SMILES string of the molecule is C[C@H]1c2cccc(O)c2C(=O)C2=C(O)[C@]3(O)C(=O)C(C(N)=O)=C(O)[C@@H](N(C)C)[C@H]3[C@@H](O)[C@@H]21.[NaH]. The predicted octanol–water partition coefficient (Wildman–Crippen LogP) is -0.996. The van der Waals surface area contributed by atoms with Crippen molar-refractivity contribution < 1.29 is 39.9 Å². The van der Waals surface area contributed by atoms with Crippen molar-refractivity contribution in [2.45, 2.75) is 30.6 Å². The van der Waals surface area contributed by atoms with Crippen molar-refractivity contribution in [1.82, 2.24) is 4.90 Å². The first-order chi connectivity index (χ1) is 14.9. The number of amides is 1. The number of benzene rings is 1. The number of phenols is 1. The molecule has 0 saturated heterocycles. The molecular formula is C22H25N2NaO8. The van der Waals surface area contributed by atoms with Gasteiger partial charge >= 0.3 is 29.6 Å². The fraction of sp³-hybridized carbons (Fsp3) is 0.409. The van der Waals surface area contributed by atoms with Crippen molar-refractivity contribution in [2.24, 2.45) is 17.6 Å². The van der Waals surface area contributed by atoms with E-state index in [1.54, 1.807) is 19.1 Å². The van der Waals surface area contributed by atoms with Gasteiger partial charge in [-0.3, -0.25) is 19.3 Å². The Bertz CT molecular complexity index is 1140. The summed E-state index contributed by atoms with van der Waals surface area (Å²) in [6, 6.07) is 3.17. The van der Waals surface area contributed by atoms with Gasteiger partial charge in [-0.05, 0) is 31.6 Å². The molecule has 0 aromatic heterocycles. The number of hydrogen-bond acceptors (Lipinski definition) is 9. The van der Waals surface area contributed by atoms with Crippen LogP contribution in [0.25, 0.3) is 0 Å². The number of Topliss-reactive ketones (excluding diaryl/α,β-unsaturated/α-hetero) is 2. The molecule has 1 amide bonds. The molecule has 4 rings (SSSR count). The zero-order valence-electron chi connectivity index (χ0n) is 17.6. The van der Waals surface area contributed by atoms with E-state index in [0.717, 1.165) is 0 Å². The van der Waals surface area contributed by atoms with Crippen LogP contribution in [-0.4, -0.2) is 109 Å². The molecule has 7 N–H and O–H groups in total. The van der Waals surface area contributed by atoms with Crippen molar-refractivity contribution >= 4 is 47.0 Å². The van der Waals surface area contributed by atoms with Crippen LogP contribution in [0.15, 0.2) is 40.9 Å². The number of ketones is 2. The van der Waals surface area contributed by atoms with Gasteiger partial charge in [0.15, 0.2) is 11.4 Å². The first-order valence-corrected chi connectivity index (χ1v) is 10.0. The summed E-state index contributed by atoms with van der Waals surface area (Å²) in [6.45, 7) is 1.68. The van der Waals surface area contributed by atoms with E-state index in [1.165, 1.54) is 25.1 Å². The Balaban J connectivity index is 0.00000306. The van der Waals surface area contributed by atoms with E-state index in [0.29, 0.717) is 5.56 Å². The number of nitrogens with two attached hydrogens (primary N) is 1. The predicted molar refractivity (Wildman–Crippen MR) is 117 cm³/mol. The zero-order valence-corrected chi connectivity index (χ0v) is 17.6. The number of aliphatic hydroxyl groups is 4. The van der Waals surface area contributed by atoms with E-state index in [4.69, 9.17) is 5.73 Å². The topological polar surface area (TPSA) is 182 Å². The quantitative estimate of drug-likeness (QED) is 0.234. The average molecular weight is 468 g/mol. The first-order valence-electron chi connectivity index (χ1n) is 10.0. The van der Waals surface area contributed by atoms with Crippen LogP contribution in [0.5, 0.6) is 5.75 Å². The van der Waals surface area contributed by atoms with Crippen molar-refractivity contribution in [3.05, 3.63) is 52.0 Å². The van der Waals surface area contributed by atoms with Gasteiger partial charge in [0.25, 0.3) is 5.91 Å². The molecule has 1 aromatic rings. The number of likely N-dealkylation sites (N-methyl/N-ethyl adjacent to an activating group) is 1. The summed E-state index contributed by atoms with van der Waals surface area (Å²) in [4.78, 5) is 39.8. The fourth-order valence-electron chi connectivity index (χ4n) is 5.58. The number of aromatic hydroxyl groups is 1. The van der Waals surface area contributed by atoms with Gasteiger partial charge in [-0.1, -0.05) is 19.1 Å². The van der Waals surface area contributed by atoms with Crippen LogP contribution in [-0.2, 0) is 9.59 Å². The van der Waals surface area contributed by atoms with Gasteiger partial charge in [0.1, 0.15) is 22.8 Å². The number of carbonyl (C=O) groups excluding carboxylic acids is 3. The molecule has 1 aromatic carbocycles. The number of primary amides is 1. The molecule has 10 nitrogen and oxygen atoms in total. The van der Waals surface area contributed by atoms with E-state index in [9.17, 15) is 39.9 Å². The van der Waals surface area contributed by atoms with Gasteiger partial charge in [-0.15, -0.1) is 0 Å². The van der Waals surface area contributed by atoms with E-state index in [2.05, 4.69) is 0 Å². The standard InChI is InChI=1S/C22H24N2O8.Na.H/c1-7-8-5-4-6-9(25)11(8)16(26)12-10(7)17(27)14-15(24(2)3)18(28)13(21(23)31)20(30)22(14,32)19(12)29;;/h4-7,10,14-15,17,25,27-29,32H,1-3H3,(H2,23,31);;/t7-,10+,14-,15-,17-,22-;;/m0../s1. The molecule has 0 saturated carbocycles. The Kier molecular flexibility index (Phi) is 6.33. The van der Waals surface area contributed by atoms with E-state index >= 15 is 0 Å². The monoisotopic (exact) mass is 468 g/mol. The van der Waals surface area contributed by atoms with Gasteiger partial charge in [-0.25, -0.2) is 0 Å². The number of nitrogens with zero attached hydrogens (tertiary/aromatic N) is 1. The molecule has 33 heavy (non-hydrogen) atoms. The van der Waals surface area contributed by atoms with Crippen LogP contribution in [0.3, 0.4) is 0 Å². The van der Waals surface area contributed by atoms with Crippen LogP contribution in [0.1, 0.15) is 28.8 Å². The van der Waals surface area contributed by atoms with Gasteiger partial charge in [0, 0.05) is 11.5 Å². The Hall–Kier alpha value is -2.21. The number of hydrogen-bond donors (Lipinski definition) is 6. The van der Waals surface area contributed by atoms with E-state index < -0.39 is 75.6 Å². The summed E-state index contributed by atoms with van der Waals surface area (Å²) >= 11 is 0.